The van der Waals surface area contributed by atoms with Gasteiger partial charge in [0.05, 0.1) is 33.3 Å². The van der Waals surface area contributed by atoms with Crippen LogP contribution >= 0.6 is 27.7 Å². The highest BCUT2D eigenvalue weighted by Crippen LogP contribution is 2.39. The molecule has 1 heterocycles. The third kappa shape index (κ3) is 6.64. The van der Waals surface area contributed by atoms with Crippen LogP contribution in [-0.2, 0) is 11.3 Å². The average molecular weight is 560 g/mol. The average Bonchev–Trinajstić information content (AvgIpc) is 3.24. The summed E-state index contributed by atoms with van der Waals surface area (Å²) in [6.07, 6.45) is 1.48. The number of carbonyl (C=O) groups excluding carboxylic acids is 1. The number of hydrogen-bond donors (Lipinski definition) is 1. The second-order valence-electron chi connectivity index (χ2n) is 7.36. The lowest BCUT2D eigenvalue weighted by atomic mass is 10.2. The monoisotopic (exact) mass is 559 g/mol. The predicted octanol–water partition coefficient (Wildman–Crippen LogP) is 4.55. The predicted molar refractivity (Wildman–Crippen MR) is 141 cm³/mol. The zero-order valence-corrected chi connectivity index (χ0v) is 22.3. The number of allylic oxidation sites excluding steroid dienone is 1. The number of aromatic nitrogens is 3. The number of methoxy groups -OCH3 is 3. The van der Waals surface area contributed by atoms with Crippen molar-refractivity contribution in [2.45, 2.75) is 18.6 Å². The summed E-state index contributed by atoms with van der Waals surface area (Å²) < 4.78 is 19.0. The van der Waals surface area contributed by atoms with Crippen molar-refractivity contribution in [1.82, 2.24) is 20.2 Å². The van der Waals surface area contributed by atoms with Crippen LogP contribution in [0.1, 0.15) is 12.5 Å². The zero-order chi connectivity index (χ0) is 25.4. The fourth-order valence-corrected chi connectivity index (χ4v) is 4.18. The van der Waals surface area contributed by atoms with Gasteiger partial charge in [-0.25, -0.2) is 5.43 Å². The van der Waals surface area contributed by atoms with Crippen LogP contribution < -0.4 is 19.6 Å². The number of hydrazone groups is 1. The molecule has 0 atom stereocenters. The van der Waals surface area contributed by atoms with Gasteiger partial charge in [-0.3, -0.25) is 9.36 Å². The molecule has 0 bridgehead atoms. The van der Waals surface area contributed by atoms with Crippen LogP contribution in [0.15, 0.2) is 63.3 Å². The van der Waals surface area contributed by atoms with E-state index in [-0.39, 0.29) is 11.7 Å². The summed E-state index contributed by atoms with van der Waals surface area (Å²) in [4.78, 5) is 12.4. The van der Waals surface area contributed by atoms with Crippen LogP contribution in [0.2, 0.25) is 0 Å². The number of hydrogen-bond acceptors (Lipinski definition) is 8. The van der Waals surface area contributed by atoms with Crippen molar-refractivity contribution in [3.05, 3.63) is 58.6 Å². The molecule has 0 aliphatic carbocycles. The first-order chi connectivity index (χ1) is 16.9. The van der Waals surface area contributed by atoms with E-state index in [4.69, 9.17) is 14.2 Å². The molecular weight excluding hydrogens is 534 g/mol. The highest BCUT2D eigenvalue weighted by molar-refractivity contribution is 9.10. The van der Waals surface area contributed by atoms with Gasteiger partial charge in [0.15, 0.2) is 22.5 Å². The van der Waals surface area contributed by atoms with Crippen molar-refractivity contribution >= 4 is 39.8 Å². The van der Waals surface area contributed by atoms with Crippen molar-refractivity contribution in [2.75, 3.05) is 27.1 Å². The van der Waals surface area contributed by atoms with Gasteiger partial charge in [-0.15, -0.1) is 10.2 Å². The summed E-state index contributed by atoms with van der Waals surface area (Å²) in [6, 6.07) is 11.3. The Hall–Kier alpha value is -3.31. The lowest BCUT2D eigenvalue weighted by Gasteiger charge is -2.13. The Morgan fingerprint density at radius 2 is 1.83 bits per heavy atom. The van der Waals surface area contributed by atoms with Crippen LogP contribution in [0.3, 0.4) is 0 Å². The van der Waals surface area contributed by atoms with Crippen LogP contribution in [0, 0.1) is 0 Å². The maximum Gasteiger partial charge on any atom is 0.250 e. The Morgan fingerprint density at radius 1 is 1.11 bits per heavy atom. The fourth-order valence-electron chi connectivity index (χ4n) is 3.18. The highest BCUT2D eigenvalue weighted by atomic mass is 79.9. The largest absolute Gasteiger partial charge is 0.493 e. The van der Waals surface area contributed by atoms with Crippen molar-refractivity contribution in [2.24, 2.45) is 5.10 Å². The molecule has 1 amide bonds. The van der Waals surface area contributed by atoms with Gasteiger partial charge in [-0.1, -0.05) is 52.0 Å². The number of benzene rings is 2. The van der Waals surface area contributed by atoms with E-state index in [1.807, 2.05) is 35.8 Å². The maximum atomic E-state index is 12.4. The molecule has 0 aliphatic rings. The lowest BCUT2D eigenvalue weighted by molar-refractivity contribution is -0.118. The summed E-state index contributed by atoms with van der Waals surface area (Å²) in [6.45, 7) is 6.48. The van der Waals surface area contributed by atoms with E-state index in [9.17, 15) is 4.79 Å². The molecule has 0 unspecified atom stereocenters. The van der Waals surface area contributed by atoms with Gasteiger partial charge in [0, 0.05) is 22.1 Å². The van der Waals surface area contributed by atoms with Gasteiger partial charge >= 0.3 is 0 Å². The quantitative estimate of drug-likeness (QED) is 0.159. The minimum Gasteiger partial charge on any atom is -0.493 e. The zero-order valence-electron chi connectivity index (χ0n) is 19.9. The molecule has 0 fully saturated rings. The van der Waals surface area contributed by atoms with E-state index in [2.05, 4.69) is 43.2 Å². The molecule has 1 aromatic heterocycles. The number of carbonyl (C=O) groups is 1. The minimum atomic E-state index is -0.291. The Morgan fingerprint density at radius 3 is 2.46 bits per heavy atom. The molecule has 0 saturated carbocycles. The summed E-state index contributed by atoms with van der Waals surface area (Å²) >= 11 is 4.72. The maximum absolute atomic E-state index is 12.4. The number of nitrogens with zero attached hydrogens (tertiary/aromatic N) is 4. The van der Waals surface area contributed by atoms with E-state index < -0.39 is 0 Å². The second-order valence-corrected chi connectivity index (χ2v) is 9.22. The van der Waals surface area contributed by atoms with Crippen LogP contribution in [0.25, 0.3) is 11.4 Å². The van der Waals surface area contributed by atoms with Crippen molar-refractivity contribution in [3.63, 3.8) is 0 Å². The molecule has 3 rings (SSSR count). The first kappa shape index (κ1) is 26.3. The third-order valence-electron chi connectivity index (χ3n) is 4.71. The fraction of sp³-hybridized carbons (Fsp3) is 0.250. The lowest BCUT2D eigenvalue weighted by Crippen LogP contribution is -2.20. The molecule has 11 heteroatoms. The Bertz CT molecular complexity index is 1230. The first-order valence-electron chi connectivity index (χ1n) is 10.4. The number of amides is 1. The second kappa shape index (κ2) is 12.4. The van der Waals surface area contributed by atoms with E-state index in [0.29, 0.717) is 40.3 Å². The van der Waals surface area contributed by atoms with E-state index >= 15 is 0 Å². The molecule has 1 N–H and O–H groups in total. The third-order valence-corrected chi connectivity index (χ3v) is 6.20. The van der Waals surface area contributed by atoms with Gasteiger partial charge in [-0.05, 0) is 31.2 Å². The molecular formula is C24H26BrN5O4S. The van der Waals surface area contributed by atoms with E-state index in [0.717, 1.165) is 15.6 Å². The number of halogens is 1. The number of nitrogens with one attached hydrogen (secondary N) is 1. The summed E-state index contributed by atoms with van der Waals surface area (Å²) in [5.41, 5.74) is 5.02. The van der Waals surface area contributed by atoms with E-state index in [1.165, 1.54) is 32.2 Å². The van der Waals surface area contributed by atoms with Gasteiger partial charge in [0.25, 0.3) is 5.91 Å². The van der Waals surface area contributed by atoms with Crippen LogP contribution in [0.5, 0.6) is 17.2 Å². The SMILES string of the molecule is C=C(C)Cn1c(SCC(=O)NN=Cc2ccc(OC)c(OC)c2OC)nnc1-c1ccc(Br)cc1. The molecule has 2 aromatic carbocycles. The standard InChI is InChI=1S/C24H26BrN5O4S/c1-15(2)13-30-23(16-6-9-18(25)10-7-16)28-29-24(30)35-14-20(31)27-26-12-17-8-11-19(32-3)22(34-5)21(17)33-4/h6-12H,1,13-14H2,2-5H3,(H,27,31). The highest BCUT2D eigenvalue weighted by Gasteiger charge is 2.17. The Balaban J connectivity index is 1.69. The van der Waals surface area contributed by atoms with Crippen molar-refractivity contribution in [3.8, 4) is 28.6 Å². The summed E-state index contributed by atoms with van der Waals surface area (Å²) in [5, 5.41) is 13.3. The topological polar surface area (TPSA) is 99.9 Å². The molecule has 184 valence electrons. The van der Waals surface area contributed by atoms with Crippen molar-refractivity contribution in [1.29, 1.82) is 0 Å². The number of rotatable bonds is 11. The Labute approximate surface area is 216 Å². The minimum absolute atomic E-state index is 0.106. The first-order valence-corrected chi connectivity index (χ1v) is 12.2. The van der Waals surface area contributed by atoms with Gasteiger partial charge < -0.3 is 14.2 Å². The molecule has 0 spiro atoms. The Kier molecular flexibility index (Phi) is 9.32. The number of ether oxygens (including phenoxy) is 3. The molecule has 0 saturated heterocycles. The van der Waals surface area contributed by atoms with Crippen LogP contribution in [0.4, 0.5) is 0 Å². The molecule has 0 radical (unpaired) electrons. The summed E-state index contributed by atoms with van der Waals surface area (Å²) in [7, 11) is 4.59. The molecule has 35 heavy (non-hydrogen) atoms. The van der Waals surface area contributed by atoms with Gasteiger partial charge in [0.2, 0.25) is 5.75 Å². The normalized spacial score (nSPS) is 10.9. The smallest absolute Gasteiger partial charge is 0.250 e. The van der Waals surface area contributed by atoms with Crippen LogP contribution in [-0.4, -0.2) is 54.0 Å². The number of thioether (sulfide) groups is 1. The summed E-state index contributed by atoms with van der Waals surface area (Å²) in [5.74, 6) is 1.95. The molecule has 9 nitrogen and oxygen atoms in total. The van der Waals surface area contributed by atoms with Gasteiger partial charge in [-0.2, -0.15) is 5.10 Å². The van der Waals surface area contributed by atoms with Crippen molar-refractivity contribution < 1.29 is 19.0 Å². The van der Waals surface area contributed by atoms with Gasteiger partial charge in [0.1, 0.15) is 0 Å². The molecule has 0 aliphatic heterocycles. The van der Waals surface area contributed by atoms with E-state index in [1.54, 1.807) is 19.2 Å². The molecule has 3 aromatic rings.